The first kappa shape index (κ1) is 13.6. The van der Waals surface area contributed by atoms with Crippen LogP contribution in [0.3, 0.4) is 0 Å². The summed E-state index contributed by atoms with van der Waals surface area (Å²) in [4.78, 5) is 11.7. The van der Waals surface area contributed by atoms with Gasteiger partial charge in [-0.05, 0) is 22.0 Å². The van der Waals surface area contributed by atoms with E-state index in [9.17, 15) is 13.2 Å². The first-order valence-corrected chi connectivity index (χ1v) is 6.54. The van der Waals surface area contributed by atoms with Crippen LogP contribution in [0.5, 0.6) is 0 Å². The van der Waals surface area contributed by atoms with Gasteiger partial charge in [0.2, 0.25) is 0 Å². The summed E-state index contributed by atoms with van der Waals surface area (Å²) in [6.07, 6.45) is -1.81. The van der Waals surface area contributed by atoms with E-state index in [0.717, 1.165) is 4.57 Å². The second kappa shape index (κ2) is 4.56. The number of rotatable bonds is 1. The molecule has 0 N–H and O–H groups in total. The molecule has 3 aromatic rings. The molecule has 3 rings (SSSR count). The fraction of sp³-hybridized carbons (Fsp3) is 0.182. The summed E-state index contributed by atoms with van der Waals surface area (Å²) in [5.41, 5.74) is 0.830. The van der Waals surface area contributed by atoms with Crippen LogP contribution in [0.15, 0.2) is 23.2 Å². The average molecular weight is 366 g/mol. The van der Waals surface area contributed by atoms with Crippen LogP contribution in [0.1, 0.15) is 0 Å². The maximum atomic E-state index is 12.8. The van der Waals surface area contributed by atoms with Crippen LogP contribution in [0.4, 0.5) is 13.2 Å². The molecular formula is C11H5BrClF3N4. The summed E-state index contributed by atoms with van der Waals surface area (Å²) in [7, 11) is 0. The normalized spacial score (nSPS) is 12.4. The Bertz CT molecular complexity index is 815. The van der Waals surface area contributed by atoms with Gasteiger partial charge in [-0.15, -0.1) is 0 Å². The minimum atomic E-state index is -4.38. The van der Waals surface area contributed by atoms with Crippen LogP contribution in [0.25, 0.3) is 21.9 Å². The van der Waals surface area contributed by atoms with Crippen LogP contribution in [-0.2, 0) is 6.54 Å². The summed E-state index contributed by atoms with van der Waals surface area (Å²) >= 11 is 9.12. The van der Waals surface area contributed by atoms with Gasteiger partial charge in [0.1, 0.15) is 28.5 Å². The van der Waals surface area contributed by atoms with Gasteiger partial charge < -0.3 is 4.57 Å². The lowest BCUT2D eigenvalue weighted by Gasteiger charge is -2.10. The van der Waals surface area contributed by atoms with E-state index >= 15 is 0 Å². The molecule has 20 heavy (non-hydrogen) atoms. The fourth-order valence-corrected chi connectivity index (χ4v) is 2.65. The molecule has 0 aromatic carbocycles. The number of hydrogen-bond donors (Lipinski definition) is 0. The third-order valence-corrected chi connectivity index (χ3v) is 3.49. The van der Waals surface area contributed by atoms with Gasteiger partial charge in [-0.3, -0.25) is 0 Å². The van der Waals surface area contributed by atoms with Gasteiger partial charge in [-0.2, -0.15) is 13.2 Å². The van der Waals surface area contributed by atoms with E-state index < -0.39 is 12.7 Å². The Kier molecular flexibility index (Phi) is 3.09. The Balaban J connectivity index is 2.45. The predicted molar refractivity (Wildman–Crippen MR) is 71.6 cm³/mol. The Morgan fingerprint density at radius 1 is 1.25 bits per heavy atom. The summed E-state index contributed by atoms with van der Waals surface area (Å²) < 4.78 is 39.8. The molecule has 0 spiro atoms. The van der Waals surface area contributed by atoms with E-state index in [1.54, 1.807) is 6.07 Å². The molecule has 0 saturated carbocycles. The minimum Gasteiger partial charge on any atom is -0.326 e. The van der Waals surface area contributed by atoms with Crippen molar-refractivity contribution in [2.75, 3.05) is 0 Å². The smallest absolute Gasteiger partial charge is 0.326 e. The van der Waals surface area contributed by atoms with Crippen molar-refractivity contribution in [2.45, 2.75) is 12.7 Å². The van der Waals surface area contributed by atoms with Crippen molar-refractivity contribution < 1.29 is 13.2 Å². The molecular weight excluding hydrogens is 361 g/mol. The van der Waals surface area contributed by atoms with Crippen LogP contribution in [-0.4, -0.2) is 25.7 Å². The van der Waals surface area contributed by atoms with Gasteiger partial charge in [0.25, 0.3) is 0 Å². The molecule has 0 bridgehead atoms. The molecule has 9 heteroatoms. The van der Waals surface area contributed by atoms with E-state index in [1.807, 2.05) is 0 Å². The van der Waals surface area contributed by atoms with Gasteiger partial charge in [-0.1, -0.05) is 11.6 Å². The number of pyridine rings is 1. The SMILES string of the molecule is FC(F)(F)Cn1c2cnc(Br)cc2c2ncnc(Cl)c21. The van der Waals surface area contributed by atoms with Gasteiger partial charge in [0, 0.05) is 5.39 Å². The lowest BCUT2D eigenvalue weighted by atomic mass is 10.3. The molecule has 0 saturated heterocycles. The first-order chi connectivity index (χ1) is 9.37. The Labute approximate surface area is 123 Å². The molecule has 0 radical (unpaired) electrons. The predicted octanol–water partition coefficient (Wildman–Crippen LogP) is 3.96. The fourth-order valence-electron chi connectivity index (χ4n) is 2.08. The van der Waals surface area contributed by atoms with Gasteiger partial charge in [0.15, 0.2) is 5.15 Å². The molecule has 0 aliphatic rings. The monoisotopic (exact) mass is 364 g/mol. The van der Waals surface area contributed by atoms with Crippen molar-refractivity contribution in [3.8, 4) is 0 Å². The van der Waals surface area contributed by atoms with E-state index in [4.69, 9.17) is 11.6 Å². The molecule has 3 heterocycles. The van der Waals surface area contributed by atoms with Crippen molar-refractivity contribution in [2.24, 2.45) is 0 Å². The Hall–Kier alpha value is -1.41. The van der Waals surface area contributed by atoms with Crippen molar-refractivity contribution >= 4 is 49.5 Å². The Morgan fingerprint density at radius 2 is 2.00 bits per heavy atom. The second-order valence-electron chi connectivity index (χ2n) is 4.09. The van der Waals surface area contributed by atoms with Crippen LogP contribution < -0.4 is 0 Å². The molecule has 104 valence electrons. The molecule has 0 unspecified atom stereocenters. The maximum absolute atomic E-state index is 12.8. The van der Waals surface area contributed by atoms with Crippen LogP contribution in [0.2, 0.25) is 5.15 Å². The number of fused-ring (bicyclic) bond motifs is 3. The highest BCUT2D eigenvalue weighted by molar-refractivity contribution is 9.10. The molecule has 0 amide bonds. The van der Waals surface area contributed by atoms with Crippen molar-refractivity contribution in [3.05, 3.63) is 28.3 Å². The third kappa shape index (κ3) is 2.22. The minimum absolute atomic E-state index is 0.0217. The lowest BCUT2D eigenvalue weighted by Crippen LogP contribution is -2.17. The quantitative estimate of drug-likeness (QED) is 0.484. The van der Waals surface area contributed by atoms with Crippen molar-refractivity contribution in [1.82, 2.24) is 19.5 Å². The zero-order valence-electron chi connectivity index (χ0n) is 9.62. The topological polar surface area (TPSA) is 43.6 Å². The zero-order chi connectivity index (χ0) is 14.5. The highest BCUT2D eigenvalue weighted by Crippen LogP contribution is 2.33. The van der Waals surface area contributed by atoms with E-state index in [-0.39, 0.29) is 10.7 Å². The molecule has 0 fully saturated rings. The third-order valence-electron chi connectivity index (χ3n) is 2.78. The van der Waals surface area contributed by atoms with E-state index in [2.05, 4.69) is 30.9 Å². The number of nitrogens with zero attached hydrogens (tertiary/aromatic N) is 4. The summed E-state index contributed by atoms with van der Waals surface area (Å²) in [5, 5.41) is 0.516. The largest absolute Gasteiger partial charge is 0.406 e. The van der Waals surface area contributed by atoms with Crippen LogP contribution >= 0.6 is 27.5 Å². The highest BCUT2D eigenvalue weighted by Gasteiger charge is 2.30. The van der Waals surface area contributed by atoms with Crippen LogP contribution in [0, 0.1) is 0 Å². The summed E-state index contributed by atoms with van der Waals surface area (Å²) in [6, 6.07) is 1.61. The maximum Gasteiger partial charge on any atom is 0.406 e. The molecule has 3 aromatic heterocycles. The second-order valence-corrected chi connectivity index (χ2v) is 5.26. The lowest BCUT2D eigenvalue weighted by molar-refractivity contribution is -0.139. The summed E-state index contributed by atoms with van der Waals surface area (Å²) in [6.45, 7) is -1.18. The first-order valence-electron chi connectivity index (χ1n) is 5.37. The number of halogens is 5. The molecule has 4 nitrogen and oxygen atoms in total. The standard InChI is InChI=1S/C11H5BrClF3N4/c12-7-1-5-6(2-17-7)20(3-11(14,15)16)9-8(5)18-4-19-10(9)13/h1-2,4H,3H2. The number of alkyl halides is 3. The molecule has 0 atom stereocenters. The van der Waals surface area contributed by atoms with Gasteiger partial charge >= 0.3 is 6.18 Å². The Morgan fingerprint density at radius 3 is 2.70 bits per heavy atom. The van der Waals surface area contributed by atoms with Crippen molar-refractivity contribution in [3.63, 3.8) is 0 Å². The van der Waals surface area contributed by atoms with Gasteiger partial charge in [-0.25, -0.2) is 15.0 Å². The molecule has 0 aliphatic carbocycles. The van der Waals surface area contributed by atoms with E-state index in [1.165, 1.54) is 12.5 Å². The molecule has 0 aliphatic heterocycles. The average Bonchev–Trinajstić information content (AvgIpc) is 2.63. The summed E-state index contributed by atoms with van der Waals surface area (Å²) in [5.74, 6) is 0. The number of hydrogen-bond acceptors (Lipinski definition) is 3. The number of aromatic nitrogens is 4. The van der Waals surface area contributed by atoms with Gasteiger partial charge in [0.05, 0.1) is 11.7 Å². The highest BCUT2D eigenvalue weighted by atomic mass is 79.9. The zero-order valence-corrected chi connectivity index (χ0v) is 12.0. The van der Waals surface area contributed by atoms with E-state index in [0.29, 0.717) is 21.0 Å². The van der Waals surface area contributed by atoms with Crippen molar-refractivity contribution in [1.29, 1.82) is 0 Å².